The lowest BCUT2D eigenvalue weighted by molar-refractivity contribution is -0.130. The molecule has 0 aliphatic carbocycles. The van der Waals surface area contributed by atoms with Gasteiger partial charge in [0.1, 0.15) is 23.9 Å². The standard InChI is InChI=1S/C28H26O5/c1-17(2)16-31-26-15-24(33-28(30)19(5)6)11-12-25(26)22-8-7-21-14-23(10-9-20(21)13-22)32-27(29)18(3)4/h7-15H,1,3,5,16H2,2,4,6H3. The molecule has 5 nitrogen and oxygen atoms in total. The molecule has 3 aromatic carbocycles. The molecule has 0 aliphatic rings. The molecular formula is C28H26O5. The van der Waals surface area contributed by atoms with Crippen molar-refractivity contribution in [2.45, 2.75) is 20.8 Å². The molecule has 0 heterocycles. The van der Waals surface area contributed by atoms with Crippen molar-refractivity contribution in [1.29, 1.82) is 0 Å². The van der Waals surface area contributed by atoms with Crippen LogP contribution in [0.1, 0.15) is 20.8 Å². The van der Waals surface area contributed by atoms with Crippen molar-refractivity contribution < 1.29 is 23.8 Å². The van der Waals surface area contributed by atoms with E-state index >= 15 is 0 Å². The van der Waals surface area contributed by atoms with Gasteiger partial charge in [0.05, 0.1) is 0 Å². The number of hydrogen-bond donors (Lipinski definition) is 0. The number of hydrogen-bond acceptors (Lipinski definition) is 5. The Bertz CT molecular complexity index is 1280. The summed E-state index contributed by atoms with van der Waals surface area (Å²) in [5.41, 5.74) is 3.27. The van der Waals surface area contributed by atoms with E-state index in [1.165, 1.54) is 0 Å². The van der Waals surface area contributed by atoms with Crippen LogP contribution in [0.4, 0.5) is 0 Å². The second kappa shape index (κ2) is 10.0. The van der Waals surface area contributed by atoms with Gasteiger partial charge in [0.25, 0.3) is 0 Å². The van der Waals surface area contributed by atoms with Gasteiger partial charge in [-0.15, -0.1) is 0 Å². The maximum Gasteiger partial charge on any atom is 0.338 e. The Labute approximate surface area is 193 Å². The normalized spacial score (nSPS) is 10.4. The van der Waals surface area contributed by atoms with Gasteiger partial charge < -0.3 is 14.2 Å². The topological polar surface area (TPSA) is 61.8 Å². The monoisotopic (exact) mass is 442 g/mol. The zero-order chi connectivity index (χ0) is 24.1. The Balaban J connectivity index is 1.96. The number of carbonyl (C=O) groups excluding carboxylic acids is 2. The summed E-state index contributed by atoms with van der Waals surface area (Å²) >= 11 is 0. The molecule has 3 rings (SSSR count). The third-order valence-corrected chi connectivity index (χ3v) is 4.67. The fourth-order valence-corrected chi connectivity index (χ4v) is 2.97. The maximum atomic E-state index is 11.9. The Morgan fingerprint density at radius 1 is 0.727 bits per heavy atom. The zero-order valence-corrected chi connectivity index (χ0v) is 19.1. The number of ether oxygens (including phenoxy) is 3. The van der Waals surface area contributed by atoms with Crippen molar-refractivity contribution in [1.82, 2.24) is 0 Å². The molecule has 33 heavy (non-hydrogen) atoms. The molecular weight excluding hydrogens is 416 g/mol. The molecule has 0 N–H and O–H groups in total. The molecule has 0 saturated heterocycles. The van der Waals surface area contributed by atoms with E-state index in [1.54, 1.807) is 38.1 Å². The summed E-state index contributed by atoms with van der Waals surface area (Å²) in [5.74, 6) is 0.433. The van der Waals surface area contributed by atoms with Crippen LogP contribution in [0.5, 0.6) is 17.2 Å². The highest BCUT2D eigenvalue weighted by molar-refractivity contribution is 5.92. The Hall–Kier alpha value is -4.12. The SMILES string of the molecule is C=C(C)COc1cc(OC(=O)C(=C)C)ccc1-c1ccc2cc(OC(=O)C(=C)C)ccc2c1. The van der Waals surface area contributed by atoms with E-state index in [2.05, 4.69) is 19.7 Å². The first-order chi connectivity index (χ1) is 15.6. The van der Waals surface area contributed by atoms with Gasteiger partial charge in [0.2, 0.25) is 0 Å². The van der Waals surface area contributed by atoms with Gasteiger partial charge in [-0.05, 0) is 73.0 Å². The van der Waals surface area contributed by atoms with Gasteiger partial charge in [0, 0.05) is 22.8 Å². The molecule has 168 valence electrons. The summed E-state index contributed by atoms with van der Waals surface area (Å²) < 4.78 is 16.6. The van der Waals surface area contributed by atoms with E-state index < -0.39 is 11.9 Å². The molecule has 0 fully saturated rings. The van der Waals surface area contributed by atoms with E-state index in [-0.39, 0.29) is 0 Å². The molecule has 0 atom stereocenters. The Morgan fingerprint density at radius 2 is 1.27 bits per heavy atom. The van der Waals surface area contributed by atoms with Crippen LogP contribution in [0.3, 0.4) is 0 Å². The summed E-state index contributed by atoms with van der Waals surface area (Å²) in [6.45, 7) is 16.5. The number of esters is 2. The van der Waals surface area contributed by atoms with E-state index in [1.807, 2.05) is 37.3 Å². The quantitative estimate of drug-likeness (QED) is 0.174. The van der Waals surface area contributed by atoms with Crippen LogP contribution in [0, 0.1) is 0 Å². The third-order valence-electron chi connectivity index (χ3n) is 4.67. The van der Waals surface area contributed by atoms with Crippen molar-refractivity contribution in [3.8, 4) is 28.4 Å². The lowest BCUT2D eigenvalue weighted by Crippen LogP contribution is -2.08. The first-order valence-electron chi connectivity index (χ1n) is 10.3. The average Bonchev–Trinajstić information content (AvgIpc) is 2.77. The van der Waals surface area contributed by atoms with Crippen molar-refractivity contribution in [3.05, 3.63) is 91.1 Å². The first-order valence-corrected chi connectivity index (χ1v) is 10.3. The number of rotatable bonds is 8. The van der Waals surface area contributed by atoms with E-state index in [0.29, 0.717) is 35.0 Å². The van der Waals surface area contributed by atoms with E-state index in [9.17, 15) is 9.59 Å². The van der Waals surface area contributed by atoms with Gasteiger partial charge in [0.15, 0.2) is 0 Å². The smallest absolute Gasteiger partial charge is 0.338 e. The molecule has 5 heteroatoms. The highest BCUT2D eigenvalue weighted by Gasteiger charge is 2.13. The predicted molar refractivity (Wildman–Crippen MR) is 131 cm³/mol. The number of carbonyl (C=O) groups is 2. The molecule has 0 unspecified atom stereocenters. The minimum atomic E-state index is -0.498. The van der Waals surface area contributed by atoms with Gasteiger partial charge in [-0.1, -0.05) is 37.9 Å². The van der Waals surface area contributed by atoms with Gasteiger partial charge >= 0.3 is 11.9 Å². The summed E-state index contributed by atoms with van der Waals surface area (Å²) in [4.78, 5) is 23.7. The molecule has 0 radical (unpaired) electrons. The highest BCUT2D eigenvalue weighted by Crippen LogP contribution is 2.36. The first kappa shape index (κ1) is 23.5. The van der Waals surface area contributed by atoms with E-state index in [4.69, 9.17) is 14.2 Å². The minimum Gasteiger partial charge on any atom is -0.488 e. The zero-order valence-electron chi connectivity index (χ0n) is 19.1. The lowest BCUT2D eigenvalue weighted by Gasteiger charge is -2.14. The van der Waals surface area contributed by atoms with Crippen molar-refractivity contribution in [3.63, 3.8) is 0 Å². The molecule has 3 aromatic rings. The highest BCUT2D eigenvalue weighted by atomic mass is 16.5. The predicted octanol–water partition coefficient (Wildman–Crippen LogP) is 6.42. The van der Waals surface area contributed by atoms with Gasteiger partial charge in [-0.3, -0.25) is 0 Å². The number of benzene rings is 3. The van der Waals surface area contributed by atoms with Crippen LogP contribution in [0.25, 0.3) is 21.9 Å². The van der Waals surface area contributed by atoms with Crippen molar-refractivity contribution >= 4 is 22.7 Å². The van der Waals surface area contributed by atoms with Crippen LogP contribution >= 0.6 is 0 Å². The van der Waals surface area contributed by atoms with Crippen LogP contribution in [-0.2, 0) is 9.59 Å². The molecule has 0 saturated carbocycles. The molecule has 0 bridgehead atoms. The lowest BCUT2D eigenvalue weighted by atomic mass is 10.00. The Morgan fingerprint density at radius 3 is 1.88 bits per heavy atom. The summed E-state index contributed by atoms with van der Waals surface area (Å²) in [6.07, 6.45) is 0. The van der Waals surface area contributed by atoms with Crippen LogP contribution < -0.4 is 14.2 Å². The van der Waals surface area contributed by atoms with Crippen LogP contribution in [0.15, 0.2) is 91.1 Å². The van der Waals surface area contributed by atoms with Crippen molar-refractivity contribution in [2.75, 3.05) is 6.61 Å². The number of fused-ring (bicyclic) bond motifs is 1. The van der Waals surface area contributed by atoms with Crippen molar-refractivity contribution in [2.24, 2.45) is 0 Å². The Kier molecular flexibility index (Phi) is 7.13. The van der Waals surface area contributed by atoms with Gasteiger partial charge in [-0.25, -0.2) is 9.59 Å². The maximum absolute atomic E-state index is 11.9. The third kappa shape index (κ3) is 5.98. The van der Waals surface area contributed by atoms with Gasteiger partial charge in [-0.2, -0.15) is 0 Å². The summed E-state index contributed by atoms with van der Waals surface area (Å²) in [7, 11) is 0. The molecule has 0 spiro atoms. The summed E-state index contributed by atoms with van der Waals surface area (Å²) in [5, 5.41) is 1.88. The molecule has 0 aromatic heterocycles. The largest absolute Gasteiger partial charge is 0.488 e. The van der Waals surface area contributed by atoms with E-state index in [0.717, 1.165) is 27.5 Å². The fourth-order valence-electron chi connectivity index (χ4n) is 2.97. The second-order valence-electron chi connectivity index (χ2n) is 7.97. The summed E-state index contributed by atoms with van der Waals surface area (Å²) in [6, 6.07) is 16.6. The molecule has 0 amide bonds. The van der Waals surface area contributed by atoms with Crippen LogP contribution in [0.2, 0.25) is 0 Å². The average molecular weight is 443 g/mol. The van der Waals surface area contributed by atoms with Crippen LogP contribution in [-0.4, -0.2) is 18.5 Å². The second-order valence-corrected chi connectivity index (χ2v) is 7.97. The molecule has 0 aliphatic heterocycles. The minimum absolute atomic E-state index is 0.311. The fraction of sp³-hybridized carbons (Fsp3) is 0.143.